The number of benzene rings is 2. The molecule has 0 saturated carbocycles. The van der Waals surface area contributed by atoms with Crippen molar-refractivity contribution in [2.24, 2.45) is 0 Å². The highest BCUT2D eigenvalue weighted by molar-refractivity contribution is 6.35. The van der Waals surface area contributed by atoms with Crippen molar-refractivity contribution in [2.75, 3.05) is 7.05 Å². The number of hydrogen-bond acceptors (Lipinski definition) is 1. The third-order valence-corrected chi connectivity index (χ3v) is 3.90. The Hall–Kier alpha value is -0.730. The molecule has 0 amide bonds. The highest BCUT2D eigenvalue weighted by atomic mass is 35.5. The second-order valence-corrected chi connectivity index (χ2v) is 5.67. The van der Waals surface area contributed by atoms with Gasteiger partial charge in [-0.15, -0.1) is 0 Å². The molecule has 1 unspecified atom stereocenters. The van der Waals surface area contributed by atoms with Crippen molar-refractivity contribution in [3.8, 4) is 0 Å². The molecule has 1 nitrogen and oxygen atoms in total. The number of halogens is 3. The van der Waals surface area contributed by atoms with Gasteiger partial charge in [0.05, 0.1) is 6.04 Å². The summed E-state index contributed by atoms with van der Waals surface area (Å²) in [6.45, 7) is 2.04. The monoisotopic (exact) mass is 313 g/mol. The third kappa shape index (κ3) is 3.24. The van der Waals surface area contributed by atoms with Gasteiger partial charge in [0.1, 0.15) is 0 Å². The summed E-state index contributed by atoms with van der Waals surface area (Å²) in [6.07, 6.45) is 0. The topological polar surface area (TPSA) is 12.0 Å². The van der Waals surface area contributed by atoms with Crippen molar-refractivity contribution < 1.29 is 0 Å². The van der Waals surface area contributed by atoms with E-state index in [1.54, 1.807) is 6.07 Å². The Bertz CT molecular complexity index is 544. The first-order chi connectivity index (χ1) is 9.02. The molecular formula is C15H14Cl3N. The van der Waals surface area contributed by atoms with E-state index < -0.39 is 0 Å². The van der Waals surface area contributed by atoms with Crippen molar-refractivity contribution in [3.05, 3.63) is 68.2 Å². The predicted molar refractivity (Wildman–Crippen MR) is 83.6 cm³/mol. The Balaban J connectivity index is 2.50. The average molecular weight is 315 g/mol. The van der Waals surface area contributed by atoms with E-state index >= 15 is 0 Å². The lowest BCUT2D eigenvalue weighted by Crippen LogP contribution is -2.19. The van der Waals surface area contributed by atoms with E-state index in [1.807, 2.05) is 44.3 Å². The van der Waals surface area contributed by atoms with Crippen LogP contribution < -0.4 is 5.32 Å². The first kappa shape index (κ1) is 14.7. The molecule has 0 aliphatic carbocycles. The Labute approximate surface area is 128 Å². The molecule has 0 heterocycles. The molecule has 0 fully saturated rings. The Morgan fingerprint density at radius 3 is 2.00 bits per heavy atom. The van der Waals surface area contributed by atoms with Crippen molar-refractivity contribution in [3.63, 3.8) is 0 Å². The number of rotatable bonds is 3. The van der Waals surface area contributed by atoms with Gasteiger partial charge in [-0.1, -0.05) is 46.9 Å². The fourth-order valence-corrected chi connectivity index (χ4v) is 2.92. The van der Waals surface area contributed by atoms with Crippen LogP contribution in [0.5, 0.6) is 0 Å². The lowest BCUT2D eigenvalue weighted by Gasteiger charge is -2.21. The maximum absolute atomic E-state index is 6.29. The summed E-state index contributed by atoms with van der Waals surface area (Å²) < 4.78 is 0. The van der Waals surface area contributed by atoms with Gasteiger partial charge in [-0.05, 0) is 54.9 Å². The minimum Gasteiger partial charge on any atom is -0.309 e. The van der Waals surface area contributed by atoms with Crippen molar-refractivity contribution >= 4 is 34.8 Å². The molecule has 0 saturated heterocycles. The summed E-state index contributed by atoms with van der Waals surface area (Å²) in [7, 11) is 1.91. The molecule has 0 aliphatic heterocycles. The van der Waals surface area contributed by atoms with Gasteiger partial charge in [-0.2, -0.15) is 0 Å². The van der Waals surface area contributed by atoms with Gasteiger partial charge >= 0.3 is 0 Å². The smallest absolute Gasteiger partial charge is 0.0591 e. The predicted octanol–water partition coefficient (Wildman–Crippen LogP) is 5.26. The number of aryl methyl sites for hydroxylation is 1. The van der Waals surface area contributed by atoms with E-state index in [1.165, 1.54) is 0 Å². The normalized spacial score (nSPS) is 12.5. The van der Waals surface area contributed by atoms with E-state index in [9.17, 15) is 0 Å². The second-order valence-electron chi connectivity index (χ2n) is 4.39. The van der Waals surface area contributed by atoms with Crippen LogP contribution in [0.4, 0.5) is 0 Å². The Morgan fingerprint density at radius 2 is 1.47 bits per heavy atom. The molecule has 19 heavy (non-hydrogen) atoms. The highest BCUT2D eigenvalue weighted by Crippen LogP contribution is 2.32. The van der Waals surface area contributed by atoms with Gasteiger partial charge in [0.2, 0.25) is 0 Å². The van der Waals surface area contributed by atoms with Crippen molar-refractivity contribution in [2.45, 2.75) is 13.0 Å². The largest absolute Gasteiger partial charge is 0.309 e. The first-order valence-electron chi connectivity index (χ1n) is 5.91. The van der Waals surface area contributed by atoms with Gasteiger partial charge in [-0.25, -0.2) is 0 Å². The Morgan fingerprint density at radius 1 is 0.895 bits per heavy atom. The minimum absolute atomic E-state index is 0.0158. The molecule has 2 aromatic rings. The SMILES string of the molecule is CNC(c1ccc(Cl)cc1C)c1ccc(Cl)cc1Cl. The summed E-state index contributed by atoms with van der Waals surface area (Å²) in [6, 6.07) is 11.4. The molecule has 0 aliphatic rings. The number of hydrogen-bond donors (Lipinski definition) is 1. The first-order valence-corrected chi connectivity index (χ1v) is 7.04. The average Bonchev–Trinajstić information content (AvgIpc) is 2.34. The van der Waals surface area contributed by atoms with Crippen LogP contribution in [0.2, 0.25) is 15.1 Å². The van der Waals surface area contributed by atoms with E-state index in [-0.39, 0.29) is 6.04 Å². The van der Waals surface area contributed by atoms with Crippen LogP contribution in [0, 0.1) is 6.92 Å². The van der Waals surface area contributed by atoms with E-state index in [0.29, 0.717) is 10.0 Å². The summed E-state index contributed by atoms with van der Waals surface area (Å²) >= 11 is 18.2. The summed E-state index contributed by atoms with van der Waals surface area (Å²) in [4.78, 5) is 0. The molecular weight excluding hydrogens is 301 g/mol. The fraction of sp³-hybridized carbons (Fsp3) is 0.200. The molecule has 2 aromatic carbocycles. The van der Waals surface area contributed by atoms with Gasteiger partial charge in [0, 0.05) is 15.1 Å². The zero-order chi connectivity index (χ0) is 14.0. The molecule has 0 spiro atoms. The maximum atomic E-state index is 6.29. The Kier molecular flexibility index (Phi) is 4.75. The zero-order valence-electron chi connectivity index (χ0n) is 10.7. The van der Waals surface area contributed by atoms with Crippen LogP contribution in [0.1, 0.15) is 22.7 Å². The lowest BCUT2D eigenvalue weighted by molar-refractivity contribution is 0.688. The molecule has 100 valence electrons. The maximum Gasteiger partial charge on any atom is 0.0591 e. The van der Waals surface area contributed by atoms with Gasteiger partial charge in [0.15, 0.2) is 0 Å². The summed E-state index contributed by atoms with van der Waals surface area (Å²) in [5.41, 5.74) is 3.27. The zero-order valence-corrected chi connectivity index (χ0v) is 12.9. The summed E-state index contributed by atoms with van der Waals surface area (Å²) in [5, 5.41) is 5.31. The van der Waals surface area contributed by atoms with Crippen LogP contribution in [-0.2, 0) is 0 Å². The highest BCUT2D eigenvalue weighted by Gasteiger charge is 2.17. The van der Waals surface area contributed by atoms with Gasteiger partial charge in [0.25, 0.3) is 0 Å². The van der Waals surface area contributed by atoms with Crippen LogP contribution in [0.3, 0.4) is 0 Å². The standard InChI is InChI=1S/C15H14Cl3N/c1-9-7-10(16)3-5-12(9)15(19-2)13-6-4-11(17)8-14(13)18/h3-8,15,19H,1-2H3. The minimum atomic E-state index is 0.0158. The van der Waals surface area contributed by atoms with Crippen LogP contribution in [-0.4, -0.2) is 7.05 Å². The van der Waals surface area contributed by atoms with Crippen molar-refractivity contribution in [1.29, 1.82) is 0 Å². The molecule has 2 rings (SSSR count). The van der Waals surface area contributed by atoms with Crippen LogP contribution in [0.25, 0.3) is 0 Å². The number of nitrogens with one attached hydrogen (secondary N) is 1. The van der Waals surface area contributed by atoms with Gasteiger partial charge in [-0.3, -0.25) is 0 Å². The van der Waals surface area contributed by atoms with E-state index in [2.05, 4.69) is 5.32 Å². The van der Waals surface area contributed by atoms with Crippen molar-refractivity contribution in [1.82, 2.24) is 5.32 Å². The molecule has 0 aromatic heterocycles. The van der Waals surface area contributed by atoms with Crippen LogP contribution >= 0.6 is 34.8 Å². The second kappa shape index (κ2) is 6.15. The molecule has 1 atom stereocenters. The van der Waals surface area contributed by atoms with E-state index in [0.717, 1.165) is 21.7 Å². The van der Waals surface area contributed by atoms with Crippen LogP contribution in [0.15, 0.2) is 36.4 Å². The molecule has 0 radical (unpaired) electrons. The lowest BCUT2D eigenvalue weighted by atomic mass is 9.95. The summed E-state index contributed by atoms with van der Waals surface area (Å²) in [5.74, 6) is 0. The van der Waals surface area contributed by atoms with E-state index in [4.69, 9.17) is 34.8 Å². The molecule has 0 bridgehead atoms. The van der Waals surface area contributed by atoms with Gasteiger partial charge < -0.3 is 5.32 Å². The fourth-order valence-electron chi connectivity index (χ4n) is 2.18. The quantitative estimate of drug-likeness (QED) is 0.814. The third-order valence-electron chi connectivity index (χ3n) is 3.11. The molecule has 1 N–H and O–H groups in total. The molecule has 4 heteroatoms.